The van der Waals surface area contributed by atoms with Gasteiger partial charge in [-0.2, -0.15) is 0 Å². The molecule has 0 unspecified atom stereocenters. The van der Waals surface area contributed by atoms with Crippen LogP contribution in [0.4, 0.5) is 8.78 Å². The van der Waals surface area contributed by atoms with Gasteiger partial charge < -0.3 is 10.1 Å². The second kappa shape index (κ2) is 6.26. The molecule has 19 heavy (non-hydrogen) atoms. The van der Waals surface area contributed by atoms with E-state index >= 15 is 0 Å². The summed E-state index contributed by atoms with van der Waals surface area (Å²) in [5.74, 6) is -0.994. The molecular formula is C15H19F2NO. The van der Waals surface area contributed by atoms with Gasteiger partial charge in [0.1, 0.15) is 11.6 Å². The van der Waals surface area contributed by atoms with Gasteiger partial charge in [0.2, 0.25) is 0 Å². The summed E-state index contributed by atoms with van der Waals surface area (Å²) in [6, 6.07) is 3.86. The van der Waals surface area contributed by atoms with Crippen molar-refractivity contribution in [3.8, 4) is 0 Å². The molecule has 2 rings (SSSR count). The number of hydrogen-bond donors (Lipinski definition) is 1. The zero-order valence-corrected chi connectivity index (χ0v) is 11.1. The third kappa shape index (κ3) is 3.19. The Morgan fingerprint density at radius 1 is 1.26 bits per heavy atom. The average Bonchev–Trinajstić information content (AvgIpc) is 2.84. The summed E-state index contributed by atoms with van der Waals surface area (Å²) in [5, 5.41) is 3.28. The summed E-state index contributed by atoms with van der Waals surface area (Å²) in [6.45, 7) is 2.00. The largest absolute Gasteiger partial charge is 0.383 e. The number of hydrogen-bond acceptors (Lipinski definition) is 2. The highest BCUT2D eigenvalue weighted by Gasteiger charge is 2.34. The minimum absolute atomic E-state index is 0.300. The molecule has 1 aliphatic rings. The summed E-state index contributed by atoms with van der Waals surface area (Å²) >= 11 is 0. The molecule has 0 amide bonds. The molecule has 0 fully saturated rings. The Morgan fingerprint density at radius 2 is 2.00 bits per heavy atom. The molecule has 4 heteroatoms. The van der Waals surface area contributed by atoms with Crippen LogP contribution < -0.4 is 5.32 Å². The molecule has 0 bridgehead atoms. The van der Waals surface area contributed by atoms with Crippen LogP contribution in [0.25, 0.3) is 0 Å². The van der Waals surface area contributed by atoms with E-state index in [0.717, 1.165) is 25.5 Å². The summed E-state index contributed by atoms with van der Waals surface area (Å²) in [7, 11) is 1.65. The van der Waals surface area contributed by atoms with E-state index in [-0.39, 0.29) is 5.41 Å². The molecule has 0 saturated carbocycles. The van der Waals surface area contributed by atoms with Gasteiger partial charge in [0.15, 0.2) is 0 Å². The molecule has 2 nitrogen and oxygen atoms in total. The van der Waals surface area contributed by atoms with Crippen molar-refractivity contribution in [2.75, 3.05) is 26.8 Å². The molecule has 104 valence electrons. The lowest BCUT2D eigenvalue weighted by Gasteiger charge is -2.30. The minimum Gasteiger partial charge on any atom is -0.383 e. The Morgan fingerprint density at radius 3 is 2.63 bits per heavy atom. The van der Waals surface area contributed by atoms with Crippen LogP contribution in [-0.2, 0) is 10.2 Å². The zero-order valence-electron chi connectivity index (χ0n) is 11.1. The van der Waals surface area contributed by atoms with Crippen molar-refractivity contribution < 1.29 is 13.5 Å². The van der Waals surface area contributed by atoms with Crippen LogP contribution in [-0.4, -0.2) is 26.8 Å². The molecule has 0 atom stereocenters. The fraction of sp³-hybridized carbons (Fsp3) is 0.467. The van der Waals surface area contributed by atoms with E-state index in [1.165, 1.54) is 6.07 Å². The van der Waals surface area contributed by atoms with Crippen LogP contribution in [0.3, 0.4) is 0 Å². The highest BCUT2D eigenvalue weighted by atomic mass is 19.1. The quantitative estimate of drug-likeness (QED) is 0.632. The Kier molecular flexibility index (Phi) is 4.66. The van der Waals surface area contributed by atoms with Crippen LogP contribution >= 0.6 is 0 Å². The first-order chi connectivity index (χ1) is 9.18. The predicted molar refractivity (Wildman–Crippen MR) is 71.2 cm³/mol. The molecule has 1 N–H and O–H groups in total. The maximum atomic E-state index is 14.0. The third-order valence-electron chi connectivity index (χ3n) is 3.63. The maximum absolute atomic E-state index is 14.0. The molecule has 1 aromatic rings. The Bertz CT molecular complexity index is 451. The molecule has 0 aromatic heterocycles. The molecule has 0 saturated heterocycles. The molecule has 0 heterocycles. The predicted octanol–water partition coefficient (Wildman–Crippen LogP) is 2.79. The minimum atomic E-state index is -0.533. The topological polar surface area (TPSA) is 21.3 Å². The van der Waals surface area contributed by atoms with Gasteiger partial charge in [0.25, 0.3) is 0 Å². The van der Waals surface area contributed by atoms with Crippen molar-refractivity contribution in [3.63, 3.8) is 0 Å². The van der Waals surface area contributed by atoms with E-state index in [9.17, 15) is 8.78 Å². The van der Waals surface area contributed by atoms with Crippen LogP contribution in [0.5, 0.6) is 0 Å². The number of allylic oxidation sites excluding steroid dienone is 2. The number of halogens is 2. The fourth-order valence-electron chi connectivity index (χ4n) is 2.58. The normalized spacial score (nSPS) is 17.0. The van der Waals surface area contributed by atoms with Crippen LogP contribution in [0.2, 0.25) is 0 Å². The third-order valence-corrected chi connectivity index (χ3v) is 3.63. The van der Waals surface area contributed by atoms with Crippen LogP contribution in [0.1, 0.15) is 18.4 Å². The SMILES string of the molecule is COCCNCC1(c2ccc(F)cc2F)CC=CC1. The van der Waals surface area contributed by atoms with Gasteiger partial charge in [-0.3, -0.25) is 0 Å². The first-order valence-corrected chi connectivity index (χ1v) is 6.48. The van der Waals surface area contributed by atoms with Crippen LogP contribution in [0, 0.1) is 11.6 Å². The van der Waals surface area contributed by atoms with Crippen molar-refractivity contribution in [2.24, 2.45) is 0 Å². The smallest absolute Gasteiger partial charge is 0.129 e. The standard InChI is InChI=1S/C15H19F2NO/c1-19-9-8-18-11-15(6-2-3-7-15)13-5-4-12(16)10-14(13)17/h2-5,10,18H,6-9,11H2,1H3. The lowest BCUT2D eigenvalue weighted by Crippen LogP contribution is -2.38. The molecular weight excluding hydrogens is 248 g/mol. The zero-order chi connectivity index (χ0) is 13.7. The van der Waals surface area contributed by atoms with E-state index in [2.05, 4.69) is 17.5 Å². The first-order valence-electron chi connectivity index (χ1n) is 6.48. The van der Waals surface area contributed by atoms with Gasteiger partial charge in [-0.25, -0.2) is 8.78 Å². The number of methoxy groups -OCH3 is 1. The van der Waals surface area contributed by atoms with E-state index in [1.807, 2.05) is 0 Å². The van der Waals surface area contributed by atoms with Crippen molar-refractivity contribution in [1.82, 2.24) is 5.32 Å². The van der Waals surface area contributed by atoms with Crippen LogP contribution in [0.15, 0.2) is 30.4 Å². The highest BCUT2D eigenvalue weighted by molar-refractivity contribution is 5.32. The van der Waals surface area contributed by atoms with Crippen molar-refractivity contribution >= 4 is 0 Å². The van der Waals surface area contributed by atoms with E-state index in [1.54, 1.807) is 13.2 Å². The molecule has 0 spiro atoms. The average molecular weight is 267 g/mol. The molecule has 1 aliphatic carbocycles. The summed E-state index contributed by atoms with van der Waals surface area (Å²) in [4.78, 5) is 0. The highest BCUT2D eigenvalue weighted by Crippen LogP contribution is 2.38. The van der Waals surface area contributed by atoms with Crippen molar-refractivity contribution in [2.45, 2.75) is 18.3 Å². The first kappa shape index (κ1) is 14.2. The second-order valence-electron chi connectivity index (χ2n) is 4.95. The van der Waals surface area contributed by atoms with E-state index in [0.29, 0.717) is 18.7 Å². The Hall–Kier alpha value is -1.26. The Labute approximate surface area is 112 Å². The summed E-state index contributed by atoms with van der Waals surface area (Å²) in [5.41, 5.74) is 0.287. The van der Waals surface area contributed by atoms with Gasteiger partial charge >= 0.3 is 0 Å². The number of ether oxygens (including phenoxy) is 1. The molecule has 0 radical (unpaired) electrons. The van der Waals surface area contributed by atoms with Gasteiger partial charge in [-0.05, 0) is 24.5 Å². The monoisotopic (exact) mass is 267 g/mol. The number of benzene rings is 1. The summed E-state index contributed by atoms with van der Waals surface area (Å²) in [6.07, 6.45) is 5.66. The van der Waals surface area contributed by atoms with Gasteiger partial charge in [-0.15, -0.1) is 0 Å². The lowest BCUT2D eigenvalue weighted by molar-refractivity contribution is 0.196. The fourth-order valence-corrected chi connectivity index (χ4v) is 2.58. The van der Waals surface area contributed by atoms with Gasteiger partial charge in [-0.1, -0.05) is 18.2 Å². The second-order valence-corrected chi connectivity index (χ2v) is 4.95. The summed E-state index contributed by atoms with van der Waals surface area (Å²) < 4.78 is 32.0. The van der Waals surface area contributed by atoms with E-state index in [4.69, 9.17) is 4.74 Å². The lowest BCUT2D eigenvalue weighted by atomic mass is 9.78. The van der Waals surface area contributed by atoms with Gasteiger partial charge in [0.05, 0.1) is 6.61 Å². The van der Waals surface area contributed by atoms with Gasteiger partial charge in [0, 0.05) is 31.7 Å². The number of rotatable bonds is 6. The van der Waals surface area contributed by atoms with Crippen molar-refractivity contribution in [1.29, 1.82) is 0 Å². The number of nitrogens with one attached hydrogen (secondary N) is 1. The molecule has 1 aromatic carbocycles. The molecule has 0 aliphatic heterocycles. The van der Waals surface area contributed by atoms with E-state index < -0.39 is 11.6 Å². The Balaban J connectivity index is 2.14. The maximum Gasteiger partial charge on any atom is 0.129 e. The van der Waals surface area contributed by atoms with Crippen molar-refractivity contribution in [3.05, 3.63) is 47.5 Å².